The standard InChI is InChI=1S/C20H18N2O2/c1-14(23)22-17-11-9-15(10-12-17)13-21-20(24)19-8-4-6-16-5-2-3-7-18(16)19/h2-12H,13H2,1H3,(H,21,24)(H,22,23). The van der Waals surface area contributed by atoms with E-state index in [1.807, 2.05) is 66.7 Å². The van der Waals surface area contributed by atoms with E-state index in [1.165, 1.54) is 6.92 Å². The van der Waals surface area contributed by atoms with E-state index in [0.29, 0.717) is 12.1 Å². The van der Waals surface area contributed by atoms with Crippen molar-refractivity contribution in [1.82, 2.24) is 5.32 Å². The first kappa shape index (κ1) is 15.7. The monoisotopic (exact) mass is 318 g/mol. The molecule has 0 unspecified atom stereocenters. The summed E-state index contributed by atoms with van der Waals surface area (Å²) in [5.74, 6) is -0.204. The Morgan fingerprint density at radius 1 is 0.875 bits per heavy atom. The predicted octanol–water partition coefficient (Wildman–Crippen LogP) is 3.73. The molecular weight excluding hydrogens is 300 g/mol. The summed E-state index contributed by atoms with van der Waals surface area (Å²) in [6.07, 6.45) is 0. The van der Waals surface area contributed by atoms with Gasteiger partial charge in [-0.3, -0.25) is 9.59 Å². The lowest BCUT2D eigenvalue weighted by atomic mass is 10.0. The molecule has 0 heterocycles. The Kier molecular flexibility index (Phi) is 4.57. The summed E-state index contributed by atoms with van der Waals surface area (Å²) < 4.78 is 0. The van der Waals surface area contributed by atoms with Crippen LogP contribution in [-0.2, 0) is 11.3 Å². The Morgan fingerprint density at radius 3 is 2.33 bits per heavy atom. The number of anilines is 1. The van der Waals surface area contributed by atoms with Crippen molar-refractivity contribution in [3.63, 3.8) is 0 Å². The van der Waals surface area contributed by atoms with Crippen molar-refractivity contribution >= 4 is 28.3 Å². The van der Waals surface area contributed by atoms with Crippen molar-refractivity contribution < 1.29 is 9.59 Å². The van der Waals surface area contributed by atoms with Gasteiger partial charge < -0.3 is 10.6 Å². The van der Waals surface area contributed by atoms with E-state index in [-0.39, 0.29) is 11.8 Å². The maximum absolute atomic E-state index is 12.5. The van der Waals surface area contributed by atoms with Crippen molar-refractivity contribution in [2.45, 2.75) is 13.5 Å². The highest BCUT2D eigenvalue weighted by Gasteiger charge is 2.09. The molecule has 3 aromatic rings. The highest BCUT2D eigenvalue weighted by Crippen LogP contribution is 2.18. The third-order valence-electron chi connectivity index (χ3n) is 3.76. The van der Waals surface area contributed by atoms with Crippen LogP contribution in [-0.4, -0.2) is 11.8 Å². The molecule has 0 fully saturated rings. The molecule has 0 atom stereocenters. The lowest BCUT2D eigenvalue weighted by Gasteiger charge is -2.09. The maximum Gasteiger partial charge on any atom is 0.252 e. The molecule has 0 aromatic heterocycles. The number of amides is 2. The first-order chi connectivity index (χ1) is 11.6. The number of carbonyl (C=O) groups is 2. The summed E-state index contributed by atoms with van der Waals surface area (Å²) >= 11 is 0. The topological polar surface area (TPSA) is 58.2 Å². The lowest BCUT2D eigenvalue weighted by Crippen LogP contribution is -2.23. The Hall–Kier alpha value is -3.14. The molecule has 0 radical (unpaired) electrons. The fourth-order valence-corrected chi connectivity index (χ4v) is 2.61. The summed E-state index contributed by atoms with van der Waals surface area (Å²) in [7, 11) is 0. The van der Waals surface area contributed by atoms with Crippen molar-refractivity contribution in [3.05, 3.63) is 77.9 Å². The van der Waals surface area contributed by atoms with E-state index in [4.69, 9.17) is 0 Å². The van der Waals surface area contributed by atoms with E-state index >= 15 is 0 Å². The van der Waals surface area contributed by atoms with Crippen molar-refractivity contribution in [2.24, 2.45) is 0 Å². The lowest BCUT2D eigenvalue weighted by molar-refractivity contribution is -0.114. The number of hydrogen-bond acceptors (Lipinski definition) is 2. The van der Waals surface area contributed by atoms with Crippen molar-refractivity contribution in [2.75, 3.05) is 5.32 Å². The fraction of sp³-hybridized carbons (Fsp3) is 0.100. The third-order valence-corrected chi connectivity index (χ3v) is 3.76. The second-order valence-electron chi connectivity index (χ2n) is 5.59. The molecule has 0 saturated heterocycles. The number of carbonyl (C=O) groups excluding carboxylic acids is 2. The van der Waals surface area contributed by atoms with Crippen molar-refractivity contribution in [1.29, 1.82) is 0 Å². The number of fused-ring (bicyclic) bond motifs is 1. The molecule has 24 heavy (non-hydrogen) atoms. The van der Waals surface area contributed by atoms with E-state index in [1.54, 1.807) is 0 Å². The van der Waals surface area contributed by atoms with Crippen LogP contribution in [0.1, 0.15) is 22.8 Å². The molecular formula is C20H18N2O2. The van der Waals surface area contributed by atoms with Gasteiger partial charge >= 0.3 is 0 Å². The van der Waals surface area contributed by atoms with Gasteiger partial charge in [0.2, 0.25) is 5.91 Å². The highest BCUT2D eigenvalue weighted by molar-refractivity contribution is 6.06. The van der Waals surface area contributed by atoms with Gasteiger partial charge in [0.05, 0.1) is 0 Å². The molecule has 120 valence electrons. The van der Waals surface area contributed by atoms with Crippen LogP contribution in [0, 0.1) is 0 Å². The molecule has 2 N–H and O–H groups in total. The van der Waals surface area contributed by atoms with Crippen LogP contribution < -0.4 is 10.6 Å². The smallest absolute Gasteiger partial charge is 0.252 e. The van der Waals surface area contributed by atoms with Crippen LogP contribution in [0.15, 0.2) is 66.7 Å². The van der Waals surface area contributed by atoms with Crippen LogP contribution in [0.2, 0.25) is 0 Å². The summed E-state index contributed by atoms with van der Waals surface area (Å²) in [4.78, 5) is 23.5. The number of nitrogens with one attached hydrogen (secondary N) is 2. The van der Waals surface area contributed by atoms with Gasteiger partial charge in [-0.1, -0.05) is 48.5 Å². The molecule has 3 aromatic carbocycles. The quantitative estimate of drug-likeness (QED) is 0.770. The molecule has 0 bridgehead atoms. The van der Waals surface area contributed by atoms with Crippen LogP contribution >= 0.6 is 0 Å². The zero-order valence-corrected chi connectivity index (χ0v) is 13.4. The Balaban J connectivity index is 1.70. The average molecular weight is 318 g/mol. The minimum Gasteiger partial charge on any atom is -0.348 e. The third kappa shape index (κ3) is 3.60. The molecule has 3 rings (SSSR count). The second-order valence-corrected chi connectivity index (χ2v) is 5.59. The fourth-order valence-electron chi connectivity index (χ4n) is 2.61. The molecule has 0 aliphatic carbocycles. The van der Waals surface area contributed by atoms with E-state index in [2.05, 4.69) is 10.6 Å². The Labute approximate surface area is 140 Å². The molecule has 0 spiro atoms. The number of benzene rings is 3. The van der Waals surface area contributed by atoms with Crippen LogP contribution in [0.25, 0.3) is 10.8 Å². The van der Waals surface area contributed by atoms with Gasteiger partial charge in [0.1, 0.15) is 0 Å². The van der Waals surface area contributed by atoms with E-state index in [9.17, 15) is 9.59 Å². The van der Waals surface area contributed by atoms with Gasteiger partial charge in [0.15, 0.2) is 0 Å². The molecule has 0 aliphatic rings. The minimum absolute atomic E-state index is 0.0993. The van der Waals surface area contributed by atoms with Crippen LogP contribution in [0.5, 0.6) is 0 Å². The first-order valence-electron chi connectivity index (χ1n) is 7.76. The molecule has 0 aliphatic heterocycles. The SMILES string of the molecule is CC(=O)Nc1ccc(CNC(=O)c2cccc3ccccc23)cc1. The molecule has 4 heteroatoms. The molecule has 0 saturated carbocycles. The van der Waals surface area contributed by atoms with E-state index < -0.39 is 0 Å². The zero-order valence-electron chi connectivity index (χ0n) is 13.4. The largest absolute Gasteiger partial charge is 0.348 e. The van der Waals surface area contributed by atoms with E-state index in [0.717, 1.165) is 22.0 Å². The zero-order chi connectivity index (χ0) is 16.9. The van der Waals surface area contributed by atoms with Crippen LogP contribution in [0.3, 0.4) is 0 Å². The maximum atomic E-state index is 12.5. The van der Waals surface area contributed by atoms with Crippen molar-refractivity contribution in [3.8, 4) is 0 Å². The summed E-state index contributed by atoms with van der Waals surface area (Å²) in [6, 6.07) is 21.0. The average Bonchev–Trinajstić information content (AvgIpc) is 2.60. The summed E-state index contributed by atoms with van der Waals surface area (Å²) in [6.45, 7) is 1.90. The highest BCUT2D eigenvalue weighted by atomic mass is 16.2. The van der Waals surface area contributed by atoms with Gasteiger partial charge in [0.25, 0.3) is 5.91 Å². The van der Waals surface area contributed by atoms with Gasteiger partial charge in [-0.25, -0.2) is 0 Å². The van der Waals surface area contributed by atoms with Gasteiger partial charge in [-0.15, -0.1) is 0 Å². The van der Waals surface area contributed by atoms with Crippen LogP contribution in [0.4, 0.5) is 5.69 Å². The number of hydrogen-bond donors (Lipinski definition) is 2. The Bertz CT molecular complexity index is 880. The minimum atomic E-state index is -0.105. The summed E-state index contributed by atoms with van der Waals surface area (Å²) in [5.41, 5.74) is 2.38. The van der Waals surface area contributed by atoms with Gasteiger partial charge in [-0.2, -0.15) is 0 Å². The van der Waals surface area contributed by atoms with Gasteiger partial charge in [0, 0.05) is 24.7 Å². The van der Waals surface area contributed by atoms with Gasteiger partial charge in [-0.05, 0) is 34.5 Å². The molecule has 2 amide bonds. The first-order valence-corrected chi connectivity index (χ1v) is 7.76. The summed E-state index contributed by atoms with van der Waals surface area (Å²) in [5, 5.41) is 7.65. The number of rotatable bonds is 4. The normalized spacial score (nSPS) is 10.4. The molecule has 4 nitrogen and oxygen atoms in total. The Morgan fingerprint density at radius 2 is 1.58 bits per heavy atom. The second kappa shape index (κ2) is 6.96. The predicted molar refractivity (Wildman–Crippen MR) is 95.9 cm³/mol.